The summed E-state index contributed by atoms with van der Waals surface area (Å²) in [5.74, 6) is 0.970. The van der Waals surface area contributed by atoms with E-state index in [9.17, 15) is 4.79 Å². The number of rotatable bonds is 6. The van der Waals surface area contributed by atoms with Gasteiger partial charge in [0, 0.05) is 11.4 Å². The van der Waals surface area contributed by atoms with E-state index in [1.807, 2.05) is 19.9 Å². The quantitative estimate of drug-likeness (QED) is 0.615. The van der Waals surface area contributed by atoms with E-state index in [4.69, 9.17) is 4.42 Å². The molecule has 0 saturated carbocycles. The molecule has 4 heteroatoms. The number of amides is 1. The molecule has 0 bridgehead atoms. The number of carbonyl (C=O) groups is 1. The molecule has 1 N–H and O–H groups in total. The average molecular weight is 241 g/mol. The van der Waals surface area contributed by atoms with Crippen molar-refractivity contribution < 1.29 is 9.21 Å². The molecular weight excluding hydrogens is 222 g/mol. The van der Waals surface area contributed by atoms with Crippen LogP contribution in [0.15, 0.2) is 21.6 Å². The van der Waals surface area contributed by atoms with Crippen LogP contribution in [-0.4, -0.2) is 17.7 Å². The SMILES string of the molecule is CCCCNC(=O)C(C)Sc1ccoc1C. The zero-order chi connectivity index (χ0) is 12.0. The third kappa shape index (κ3) is 3.93. The summed E-state index contributed by atoms with van der Waals surface area (Å²) in [7, 11) is 0. The fraction of sp³-hybridized carbons (Fsp3) is 0.583. The Kier molecular flexibility index (Phi) is 5.46. The van der Waals surface area contributed by atoms with Gasteiger partial charge in [0.15, 0.2) is 0 Å². The molecular formula is C12H19NO2S. The Morgan fingerprint density at radius 2 is 2.38 bits per heavy atom. The van der Waals surface area contributed by atoms with E-state index < -0.39 is 0 Å². The Labute approximate surface area is 101 Å². The average Bonchev–Trinajstić information content (AvgIpc) is 2.64. The number of unbranched alkanes of at least 4 members (excludes halogenated alkanes) is 1. The third-order valence-electron chi connectivity index (χ3n) is 2.31. The van der Waals surface area contributed by atoms with E-state index in [2.05, 4.69) is 12.2 Å². The molecule has 1 aromatic heterocycles. The van der Waals surface area contributed by atoms with Crippen molar-refractivity contribution in [2.75, 3.05) is 6.54 Å². The van der Waals surface area contributed by atoms with Gasteiger partial charge < -0.3 is 9.73 Å². The minimum absolute atomic E-state index is 0.0758. The summed E-state index contributed by atoms with van der Waals surface area (Å²) in [4.78, 5) is 12.7. The Morgan fingerprint density at radius 1 is 1.62 bits per heavy atom. The fourth-order valence-corrected chi connectivity index (χ4v) is 2.19. The number of furan rings is 1. The van der Waals surface area contributed by atoms with Crippen molar-refractivity contribution >= 4 is 17.7 Å². The lowest BCUT2D eigenvalue weighted by molar-refractivity contribution is -0.120. The standard InChI is InChI=1S/C12H19NO2S/c1-4-5-7-13-12(14)10(3)16-11-6-8-15-9(11)2/h6,8,10H,4-5,7H2,1-3H3,(H,13,14). The van der Waals surface area contributed by atoms with E-state index in [1.165, 1.54) is 11.8 Å². The minimum atomic E-state index is -0.0758. The van der Waals surface area contributed by atoms with Crippen LogP contribution in [0.5, 0.6) is 0 Å². The number of hydrogen-bond acceptors (Lipinski definition) is 3. The summed E-state index contributed by atoms with van der Waals surface area (Å²) in [5.41, 5.74) is 0. The number of nitrogens with one attached hydrogen (secondary N) is 1. The first-order chi connectivity index (χ1) is 7.65. The van der Waals surface area contributed by atoms with Crippen molar-refractivity contribution in [3.05, 3.63) is 18.1 Å². The molecule has 1 rings (SSSR count). The lowest BCUT2D eigenvalue weighted by Crippen LogP contribution is -2.31. The first kappa shape index (κ1) is 13.2. The van der Waals surface area contributed by atoms with Gasteiger partial charge in [0.05, 0.1) is 11.5 Å². The number of carbonyl (C=O) groups excluding carboxylic acids is 1. The maximum Gasteiger partial charge on any atom is 0.233 e. The first-order valence-corrected chi connectivity index (χ1v) is 6.51. The van der Waals surface area contributed by atoms with Gasteiger partial charge in [-0.1, -0.05) is 13.3 Å². The van der Waals surface area contributed by atoms with Crippen LogP contribution in [0.3, 0.4) is 0 Å². The van der Waals surface area contributed by atoms with Crippen LogP contribution in [0.4, 0.5) is 0 Å². The fourth-order valence-electron chi connectivity index (χ4n) is 1.27. The van der Waals surface area contributed by atoms with Crippen LogP contribution < -0.4 is 5.32 Å². The van der Waals surface area contributed by atoms with Gasteiger partial charge in [0.25, 0.3) is 0 Å². The second-order valence-electron chi connectivity index (χ2n) is 3.75. The predicted octanol–water partition coefficient (Wildman–Crippen LogP) is 2.98. The highest BCUT2D eigenvalue weighted by atomic mass is 32.2. The van der Waals surface area contributed by atoms with Crippen molar-refractivity contribution in [1.82, 2.24) is 5.32 Å². The van der Waals surface area contributed by atoms with Crippen LogP contribution in [0.1, 0.15) is 32.4 Å². The normalized spacial score (nSPS) is 12.4. The smallest absolute Gasteiger partial charge is 0.233 e. The molecule has 0 fully saturated rings. The molecule has 3 nitrogen and oxygen atoms in total. The first-order valence-electron chi connectivity index (χ1n) is 5.63. The van der Waals surface area contributed by atoms with Crippen LogP contribution in [0.2, 0.25) is 0 Å². The van der Waals surface area contributed by atoms with E-state index in [0.29, 0.717) is 0 Å². The summed E-state index contributed by atoms with van der Waals surface area (Å²) in [6, 6.07) is 1.90. The van der Waals surface area contributed by atoms with Gasteiger partial charge in [-0.25, -0.2) is 0 Å². The lowest BCUT2D eigenvalue weighted by Gasteiger charge is -2.10. The van der Waals surface area contributed by atoms with Crippen LogP contribution in [-0.2, 0) is 4.79 Å². The van der Waals surface area contributed by atoms with Crippen molar-refractivity contribution in [3.63, 3.8) is 0 Å². The van der Waals surface area contributed by atoms with Gasteiger partial charge in [-0.05, 0) is 26.3 Å². The lowest BCUT2D eigenvalue weighted by atomic mass is 10.3. The Morgan fingerprint density at radius 3 is 2.94 bits per heavy atom. The molecule has 0 spiro atoms. The predicted molar refractivity (Wildman–Crippen MR) is 66.7 cm³/mol. The van der Waals surface area contributed by atoms with Crippen LogP contribution in [0.25, 0.3) is 0 Å². The summed E-state index contributed by atoms with van der Waals surface area (Å²) in [6.45, 7) is 6.70. The highest BCUT2D eigenvalue weighted by Gasteiger charge is 2.15. The molecule has 90 valence electrons. The monoisotopic (exact) mass is 241 g/mol. The van der Waals surface area contributed by atoms with Gasteiger partial charge in [0.2, 0.25) is 5.91 Å². The third-order valence-corrected chi connectivity index (χ3v) is 3.56. The molecule has 0 radical (unpaired) electrons. The highest BCUT2D eigenvalue weighted by molar-refractivity contribution is 8.00. The van der Waals surface area contributed by atoms with Crippen molar-refractivity contribution in [1.29, 1.82) is 0 Å². The zero-order valence-corrected chi connectivity index (χ0v) is 10.9. The zero-order valence-electron chi connectivity index (χ0n) is 10.1. The maximum absolute atomic E-state index is 11.7. The number of thioether (sulfide) groups is 1. The second-order valence-corrected chi connectivity index (χ2v) is 5.13. The van der Waals surface area contributed by atoms with Crippen molar-refractivity contribution in [2.45, 2.75) is 43.8 Å². The summed E-state index contributed by atoms with van der Waals surface area (Å²) < 4.78 is 5.19. The molecule has 0 saturated heterocycles. The highest BCUT2D eigenvalue weighted by Crippen LogP contribution is 2.27. The Balaban J connectivity index is 2.37. The molecule has 0 aromatic carbocycles. The van der Waals surface area contributed by atoms with Gasteiger partial charge in [-0.3, -0.25) is 4.79 Å². The Bertz CT molecular complexity index is 336. The molecule has 1 aromatic rings. The summed E-state index contributed by atoms with van der Waals surface area (Å²) in [6.07, 6.45) is 3.79. The molecule has 1 heterocycles. The van der Waals surface area contributed by atoms with Crippen molar-refractivity contribution in [2.24, 2.45) is 0 Å². The van der Waals surface area contributed by atoms with E-state index >= 15 is 0 Å². The van der Waals surface area contributed by atoms with E-state index in [-0.39, 0.29) is 11.2 Å². The molecule has 0 aliphatic heterocycles. The Hall–Kier alpha value is -0.900. The number of hydrogen-bond donors (Lipinski definition) is 1. The van der Waals surface area contributed by atoms with Gasteiger partial charge >= 0.3 is 0 Å². The maximum atomic E-state index is 11.7. The molecule has 1 amide bonds. The topological polar surface area (TPSA) is 42.2 Å². The van der Waals surface area contributed by atoms with Crippen LogP contribution in [0, 0.1) is 6.92 Å². The number of aryl methyl sites for hydroxylation is 1. The summed E-state index contributed by atoms with van der Waals surface area (Å²) >= 11 is 1.54. The van der Waals surface area contributed by atoms with E-state index in [1.54, 1.807) is 6.26 Å². The molecule has 0 aliphatic carbocycles. The van der Waals surface area contributed by atoms with Crippen LogP contribution >= 0.6 is 11.8 Å². The van der Waals surface area contributed by atoms with Gasteiger partial charge in [-0.2, -0.15) is 0 Å². The summed E-state index contributed by atoms with van der Waals surface area (Å²) in [5, 5.41) is 2.85. The largest absolute Gasteiger partial charge is 0.468 e. The second kappa shape index (κ2) is 6.63. The van der Waals surface area contributed by atoms with Crippen molar-refractivity contribution in [3.8, 4) is 0 Å². The van der Waals surface area contributed by atoms with E-state index in [0.717, 1.165) is 30.0 Å². The minimum Gasteiger partial charge on any atom is -0.468 e. The van der Waals surface area contributed by atoms with Gasteiger partial charge in [0.1, 0.15) is 5.76 Å². The molecule has 16 heavy (non-hydrogen) atoms. The molecule has 0 aliphatic rings. The molecule has 1 atom stereocenters. The molecule has 1 unspecified atom stereocenters. The van der Waals surface area contributed by atoms with Gasteiger partial charge in [-0.15, -0.1) is 11.8 Å².